The number of rotatable bonds is 2. The summed E-state index contributed by atoms with van der Waals surface area (Å²) in [5.74, 6) is 0.479. The number of hydrogen-bond donors (Lipinski definition) is 0. The molecule has 1 aliphatic carbocycles. The predicted molar refractivity (Wildman–Crippen MR) is 83.5 cm³/mol. The Morgan fingerprint density at radius 3 is 2.89 bits per heavy atom. The standard InChI is InChI=1S/C16H19IO2/c1-11-4-2-5-13(14(11)17)15(18)12-6-9-19-16(10-12)7-3-8-16/h2,4-5,12H,3,6-10H2,1H3. The fourth-order valence-electron chi connectivity index (χ4n) is 3.23. The molecule has 1 aromatic carbocycles. The molecule has 0 aromatic heterocycles. The number of carbonyl (C=O) groups is 1. The van der Waals surface area contributed by atoms with Gasteiger partial charge in [0.05, 0.1) is 5.60 Å². The van der Waals surface area contributed by atoms with E-state index in [1.165, 1.54) is 12.0 Å². The van der Waals surface area contributed by atoms with Crippen molar-refractivity contribution in [2.75, 3.05) is 6.61 Å². The monoisotopic (exact) mass is 370 g/mol. The molecule has 3 rings (SSSR count). The van der Waals surface area contributed by atoms with Crippen LogP contribution >= 0.6 is 22.6 Å². The van der Waals surface area contributed by atoms with Crippen LogP contribution in [0.15, 0.2) is 18.2 Å². The van der Waals surface area contributed by atoms with Crippen LogP contribution in [0.2, 0.25) is 0 Å². The highest BCUT2D eigenvalue weighted by atomic mass is 127. The van der Waals surface area contributed by atoms with E-state index in [9.17, 15) is 4.79 Å². The molecular weight excluding hydrogens is 351 g/mol. The number of Topliss-reactive ketones (excluding diaryl/α,β-unsaturated/α-hetero) is 1. The lowest BCUT2D eigenvalue weighted by Gasteiger charge is -2.46. The third-order valence-corrected chi connectivity index (χ3v) is 6.02. The minimum Gasteiger partial charge on any atom is -0.375 e. The van der Waals surface area contributed by atoms with E-state index >= 15 is 0 Å². The van der Waals surface area contributed by atoms with E-state index in [1.807, 2.05) is 12.1 Å². The third-order valence-electron chi connectivity index (χ3n) is 4.59. The predicted octanol–water partition coefficient (Wildman–Crippen LogP) is 4.13. The summed E-state index contributed by atoms with van der Waals surface area (Å²) in [4.78, 5) is 12.7. The van der Waals surface area contributed by atoms with Gasteiger partial charge in [0.15, 0.2) is 5.78 Å². The zero-order valence-corrected chi connectivity index (χ0v) is 13.4. The van der Waals surface area contributed by atoms with Crippen molar-refractivity contribution in [2.45, 2.75) is 44.6 Å². The molecular formula is C16H19IO2. The summed E-state index contributed by atoms with van der Waals surface area (Å²) in [6.07, 6.45) is 5.34. The summed E-state index contributed by atoms with van der Waals surface area (Å²) in [5.41, 5.74) is 2.15. The number of aryl methyl sites for hydroxylation is 1. The highest BCUT2D eigenvalue weighted by molar-refractivity contribution is 14.1. The van der Waals surface area contributed by atoms with Gasteiger partial charge in [-0.15, -0.1) is 0 Å². The largest absolute Gasteiger partial charge is 0.375 e. The van der Waals surface area contributed by atoms with E-state index in [0.717, 1.165) is 41.4 Å². The van der Waals surface area contributed by atoms with E-state index in [0.29, 0.717) is 5.78 Å². The number of hydrogen-bond acceptors (Lipinski definition) is 2. The first-order chi connectivity index (χ1) is 9.11. The summed E-state index contributed by atoms with van der Waals surface area (Å²) >= 11 is 2.30. The molecule has 0 bridgehead atoms. The third kappa shape index (κ3) is 2.47. The summed E-state index contributed by atoms with van der Waals surface area (Å²) in [6, 6.07) is 6.03. The van der Waals surface area contributed by atoms with Crippen molar-refractivity contribution in [3.8, 4) is 0 Å². The molecule has 1 saturated carbocycles. The van der Waals surface area contributed by atoms with Gasteiger partial charge in [0, 0.05) is 21.7 Å². The molecule has 19 heavy (non-hydrogen) atoms. The molecule has 2 nitrogen and oxygen atoms in total. The van der Waals surface area contributed by atoms with Crippen LogP contribution in [0.25, 0.3) is 0 Å². The normalized spacial score (nSPS) is 25.1. The number of ketones is 1. The molecule has 2 fully saturated rings. The van der Waals surface area contributed by atoms with Gasteiger partial charge in [-0.2, -0.15) is 0 Å². The Balaban J connectivity index is 1.81. The lowest BCUT2D eigenvalue weighted by Crippen LogP contribution is -2.47. The van der Waals surface area contributed by atoms with Gasteiger partial charge >= 0.3 is 0 Å². The Morgan fingerprint density at radius 2 is 2.21 bits per heavy atom. The van der Waals surface area contributed by atoms with Crippen molar-refractivity contribution in [1.82, 2.24) is 0 Å². The second-order valence-electron chi connectivity index (χ2n) is 5.88. The molecule has 1 unspecified atom stereocenters. The second-order valence-corrected chi connectivity index (χ2v) is 6.95. The molecule has 0 amide bonds. The van der Waals surface area contributed by atoms with E-state index in [4.69, 9.17) is 4.74 Å². The van der Waals surface area contributed by atoms with Crippen molar-refractivity contribution >= 4 is 28.4 Å². The fraction of sp³-hybridized carbons (Fsp3) is 0.562. The molecule has 1 atom stereocenters. The first-order valence-corrected chi connectivity index (χ1v) is 8.12. The average Bonchev–Trinajstić information content (AvgIpc) is 2.39. The Kier molecular flexibility index (Phi) is 3.69. The van der Waals surface area contributed by atoms with Gasteiger partial charge in [-0.1, -0.05) is 18.2 Å². The van der Waals surface area contributed by atoms with Crippen molar-refractivity contribution in [1.29, 1.82) is 0 Å². The second kappa shape index (κ2) is 5.17. The van der Waals surface area contributed by atoms with Crippen LogP contribution < -0.4 is 0 Å². The number of ether oxygens (including phenoxy) is 1. The van der Waals surface area contributed by atoms with Gasteiger partial charge in [0.2, 0.25) is 0 Å². The van der Waals surface area contributed by atoms with E-state index in [-0.39, 0.29) is 11.5 Å². The first-order valence-electron chi connectivity index (χ1n) is 7.05. The van der Waals surface area contributed by atoms with Crippen LogP contribution in [0, 0.1) is 16.4 Å². The van der Waals surface area contributed by atoms with Gasteiger partial charge < -0.3 is 4.74 Å². The van der Waals surface area contributed by atoms with Crippen LogP contribution in [0.1, 0.15) is 48.0 Å². The molecule has 3 heteroatoms. The van der Waals surface area contributed by atoms with Crippen LogP contribution in [0.3, 0.4) is 0 Å². The average molecular weight is 370 g/mol. The van der Waals surface area contributed by atoms with E-state index in [1.54, 1.807) is 0 Å². The number of halogens is 1. The van der Waals surface area contributed by atoms with Crippen LogP contribution in [-0.4, -0.2) is 18.0 Å². The summed E-state index contributed by atoms with van der Waals surface area (Å²) in [6.45, 7) is 2.81. The zero-order chi connectivity index (χ0) is 13.5. The molecule has 1 saturated heterocycles. The molecule has 1 spiro atoms. The topological polar surface area (TPSA) is 26.3 Å². The SMILES string of the molecule is Cc1cccc(C(=O)C2CCOC3(CCC3)C2)c1I. The van der Waals surface area contributed by atoms with Gasteiger partial charge in [0.25, 0.3) is 0 Å². The minimum atomic E-state index is 0.0494. The van der Waals surface area contributed by atoms with Crippen LogP contribution in [0.4, 0.5) is 0 Å². The minimum absolute atomic E-state index is 0.0494. The van der Waals surface area contributed by atoms with E-state index < -0.39 is 0 Å². The molecule has 0 N–H and O–H groups in total. The maximum Gasteiger partial charge on any atom is 0.167 e. The Bertz CT molecular complexity index is 505. The van der Waals surface area contributed by atoms with E-state index in [2.05, 4.69) is 35.6 Å². The zero-order valence-electron chi connectivity index (χ0n) is 11.2. The Hall–Kier alpha value is -0.420. The molecule has 102 valence electrons. The van der Waals surface area contributed by atoms with Crippen molar-refractivity contribution in [3.05, 3.63) is 32.9 Å². The summed E-state index contributed by atoms with van der Waals surface area (Å²) < 4.78 is 7.03. The van der Waals surface area contributed by atoms with Gasteiger partial charge in [-0.05, 0) is 67.2 Å². The number of benzene rings is 1. The van der Waals surface area contributed by atoms with Crippen LogP contribution in [0.5, 0.6) is 0 Å². The molecule has 1 aliphatic heterocycles. The maximum atomic E-state index is 12.7. The van der Waals surface area contributed by atoms with Crippen LogP contribution in [-0.2, 0) is 4.74 Å². The van der Waals surface area contributed by atoms with Gasteiger partial charge in [0.1, 0.15) is 0 Å². The van der Waals surface area contributed by atoms with Gasteiger partial charge in [-0.3, -0.25) is 4.79 Å². The fourth-order valence-corrected chi connectivity index (χ4v) is 3.85. The highest BCUT2D eigenvalue weighted by Crippen LogP contribution is 2.45. The summed E-state index contributed by atoms with van der Waals surface area (Å²) in [7, 11) is 0. The number of carbonyl (C=O) groups excluding carboxylic acids is 1. The summed E-state index contributed by atoms with van der Waals surface area (Å²) in [5, 5.41) is 0. The molecule has 1 aromatic rings. The Labute approximate surface area is 128 Å². The quantitative estimate of drug-likeness (QED) is 0.578. The highest BCUT2D eigenvalue weighted by Gasteiger charge is 2.44. The smallest absolute Gasteiger partial charge is 0.167 e. The van der Waals surface area contributed by atoms with Crippen molar-refractivity contribution < 1.29 is 9.53 Å². The van der Waals surface area contributed by atoms with Gasteiger partial charge in [-0.25, -0.2) is 0 Å². The maximum absolute atomic E-state index is 12.7. The molecule has 1 heterocycles. The Morgan fingerprint density at radius 1 is 1.42 bits per heavy atom. The first kappa shape index (κ1) is 13.6. The van der Waals surface area contributed by atoms with Crippen molar-refractivity contribution in [3.63, 3.8) is 0 Å². The molecule has 2 aliphatic rings. The lowest BCUT2D eigenvalue weighted by molar-refractivity contribution is -0.137. The lowest BCUT2D eigenvalue weighted by atomic mass is 9.70. The molecule has 0 radical (unpaired) electrons. The van der Waals surface area contributed by atoms with Crippen molar-refractivity contribution in [2.24, 2.45) is 5.92 Å².